The fraction of sp³-hybridized carbons (Fsp3) is 0.400. The molecule has 0 aliphatic carbocycles. The number of nitrogens with zero attached hydrogens (tertiary/aromatic N) is 4. The van der Waals surface area contributed by atoms with Crippen LogP contribution in [0.3, 0.4) is 0 Å². The number of hydrogen-bond donors (Lipinski definition) is 1. The highest BCUT2D eigenvalue weighted by Gasteiger charge is 2.22. The van der Waals surface area contributed by atoms with Gasteiger partial charge in [0.15, 0.2) is 0 Å². The van der Waals surface area contributed by atoms with Crippen LogP contribution in [0.4, 0.5) is 0 Å². The van der Waals surface area contributed by atoms with Crippen LogP contribution in [0.1, 0.15) is 11.1 Å². The van der Waals surface area contributed by atoms with Gasteiger partial charge in [-0.3, -0.25) is 4.98 Å². The topological polar surface area (TPSA) is 63.4 Å². The quantitative estimate of drug-likeness (QED) is 0.780. The standard InChI is InChI=1S/C20H24N4O2/c1-14-7-16(10-21-9-14)20-22-18-8-15(13-25)3-4-19(18)24(20)12-17-11-23(2)5-6-26-17/h3-4,7-10,17,25H,5-6,11-13H2,1-2H3. The molecule has 0 saturated carbocycles. The molecule has 1 saturated heterocycles. The van der Waals surface area contributed by atoms with Crippen molar-refractivity contribution in [3.8, 4) is 11.4 Å². The Morgan fingerprint density at radius 2 is 2.15 bits per heavy atom. The number of imidazole rings is 1. The Kier molecular flexibility index (Phi) is 4.72. The van der Waals surface area contributed by atoms with E-state index in [1.165, 1.54) is 0 Å². The van der Waals surface area contributed by atoms with Gasteiger partial charge in [-0.05, 0) is 43.3 Å². The van der Waals surface area contributed by atoms with E-state index < -0.39 is 0 Å². The minimum Gasteiger partial charge on any atom is -0.392 e. The van der Waals surface area contributed by atoms with Crippen molar-refractivity contribution >= 4 is 11.0 Å². The molecular formula is C20H24N4O2. The first-order chi connectivity index (χ1) is 12.6. The van der Waals surface area contributed by atoms with E-state index in [1.807, 2.05) is 37.5 Å². The Balaban J connectivity index is 1.80. The molecule has 1 aromatic carbocycles. The van der Waals surface area contributed by atoms with Gasteiger partial charge >= 0.3 is 0 Å². The highest BCUT2D eigenvalue weighted by atomic mass is 16.5. The summed E-state index contributed by atoms with van der Waals surface area (Å²) in [6, 6.07) is 8.04. The number of benzene rings is 1. The van der Waals surface area contributed by atoms with E-state index in [0.29, 0.717) is 0 Å². The van der Waals surface area contributed by atoms with Crippen LogP contribution >= 0.6 is 0 Å². The van der Waals surface area contributed by atoms with Gasteiger partial charge in [-0.15, -0.1) is 0 Å². The first-order valence-electron chi connectivity index (χ1n) is 8.96. The predicted molar refractivity (Wildman–Crippen MR) is 101 cm³/mol. The molecule has 1 N–H and O–H groups in total. The van der Waals surface area contributed by atoms with Crippen molar-refractivity contribution in [3.05, 3.63) is 47.8 Å². The van der Waals surface area contributed by atoms with Crippen molar-refractivity contribution in [2.45, 2.75) is 26.2 Å². The van der Waals surface area contributed by atoms with Gasteiger partial charge in [0.25, 0.3) is 0 Å². The van der Waals surface area contributed by atoms with Crippen molar-refractivity contribution in [1.82, 2.24) is 19.4 Å². The summed E-state index contributed by atoms with van der Waals surface area (Å²) in [5, 5.41) is 9.45. The van der Waals surface area contributed by atoms with E-state index >= 15 is 0 Å². The highest BCUT2D eigenvalue weighted by Crippen LogP contribution is 2.27. The van der Waals surface area contributed by atoms with Crippen molar-refractivity contribution < 1.29 is 9.84 Å². The van der Waals surface area contributed by atoms with Crippen LogP contribution in [0.5, 0.6) is 0 Å². The lowest BCUT2D eigenvalue weighted by Crippen LogP contribution is -2.42. The molecular weight excluding hydrogens is 328 g/mol. The van der Waals surface area contributed by atoms with Crippen LogP contribution in [0, 0.1) is 6.92 Å². The lowest BCUT2D eigenvalue weighted by molar-refractivity contribution is -0.0267. The number of morpholine rings is 1. The molecule has 3 aromatic rings. The van der Waals surface area contributed by atoms with Gasteiger partial charge in [0.1, 0.15) is 5.82 Å². The largest absolute Gasteiger partial charge is 0.392 e. The van der Waals surface area contributed by atoms with Gasteiger partial charge in [0, 0.05) is 31.0 Å². The summed E-state index contributed by atoms with van der Waals surface area (Å²) in [7, 11) is 2.13. The van der Waals surface area contributed by atoms with Crippen LogP contribution < -0.4 is 0 Å². The van der Waals surface area contributed by atoms with E-state index in [0.717, 1.165) is 59.8 Å². The maximum Gasteiger partial charge on any atom is 0.142 e. The Labute approximate surface area is 153 Å². The predicted octanol–water partition coefficient (Wildman–Crippen LogP) is 2.23. The number of aromatic nitrogens is 3. The Hall–Kier alpha value is -2.28. The average molecular weight is 352 g/mol. The van der Waals surface area contributed by atoms with E-state index in [1.54, 1.807) is 0 Å². The van der Waals surface area contributed by atoms with Crippen LogP contribution in [0.2, 0.25) is 0 Å². The van der Waals surface area contributed by atoms with Gasteiger partial charge in [0.05, 0.1) is 36.9 Å². The molecule has 0 amide bonds. The summed E-state index contributed by atoms with van der Waals surface area (Å²) in [5.41, 5.74) is 4.90. The molecule has 6 heteroatoms. The number of aryl methyl sites for hydroxylation is 1. The minimum absolute atomic E-state index is 0.0145. The number of ether oxygens (including phenoxy) is 1. The summed E-state index contributed by atoms with van der Waals surface area (Å²) >= 11 is 0. The van der Waals surface area contributed by atoms with E-state index in [4.69, 9.17) is 9.72 Å². The van der Waals surface area contributed by atoms with Gasteiger partial charge in [0.2, 0.25) is 0 Å². The van der Waals surface area contributed by atoms with Gasteiger partial charge in [-0.25, -0.2) is 4.98 Å². The van der Waals surface area contributed by atoms with Crippen molar-refractivity contribution in [1.29, 1.82) is 0 Å². The molecule has 2 aromatic heterocycles. The van der Waals surface area contributed by atoms with E-state index in [9.17, 15) is 5.11 Å². The number of aliphatic hydroxyl groups is 1. The molecule has 1 atom stereocenters. The zero-order chi connectivity index (χ0) is 18.1. The summed E-state index contributed by atoms with van der Waals surface area (Å²) in [6.45, 7) is 5.41. The molecule has 1 unspecified atom stereocenters. The second kappa shape index (κ2) is 7.15. The summed E-state index contributed by atoms with van der Waals surface area (Å²) in [5.74, 6) is 0.892. The Morgan fingerprint density at radius 3 is 2.92 bits per heavy atom. The fourth-order valence-electron chi connectivity index (χ4n) is 3.54. The zero-order valence-corrected chi connectivity index (χ0v) is 15.2. The van der Waals surface area contributed by atoms with Crippen LogP contribution in [-0.2, 0) is 17.9 Å². The summed E-state index contributed by atoms with van der Waals surface area (Å²) in [6.07, 6.45) is 3.82. The first kappa shape index (κ1) is 17.1. The third-order valence-electron chi connectivity index (χ3n) is 4.86. The van der Waals surface area contributed by atoms with E-state index in [-0.39, 0.29) is 12.7 Å². The highest BCUT2D eigenvalue weighted by molar-refractivity contribution is 5.81. The molecule has 26 heavy (non-hydrogen) atoms. The number of rotatable bonds is 4. The number of fused-ring (bicyclic) bond motifs is 1. The Morgan fingerprint density at radius 1 is 1.27 bits per heavy atom. The maximum atomic E-state index is 9.45. The van der Waals surface area contributed by atoms with Crippen LogP contribution in [-0.4, -0.2) is 57.4 Å². The SMILES string of the molecule is Cc1cncc(-c2nc3cc(CO)ccc3n2CC2CN(C)CCO2)c1. The lowest BCUT2D eigenvalue weighted by Gasteiger charge is -2.30. The smallest absolute Gasteiger partial charge is 0.142 e. The van der Waals surface area contributed by atoms with Crippen molar-refractivity contribution in [3.63, 3.8) is 0 Å². The maximum absolute atomic E-state index is 9.45. The fourth-order valence-corrected chi connectivity index (χ4v) is 3.54. The normalized spacial score (nSPS) is 18.5. The summed E-state index contributed by atoms with van der Waals surface area (Å²) in [4.78, 5) is 11.5. The van der Waals surface area contributed by atoms with E-state index in [2.05, 4.69) is 27.6 Å². The molecule has 1 fully saturated rings. The number of hydrogen-bond acceptors (Lipinski definition) is 5. The third kappa shape index (κ3) is 3.35. The Bertz CT molecular complexity index is 921. The first-order valence-corrected chi connectivity index (χ1v) is 8.96. The number of pyridine rings is 1. The minimum atomic E-state index is 0.0145. The molecule has 0 bridgehead atoms. The number of likely N-dealkylation sites (N-methyl/N-ethyl adjacent to an activating group) is 1. The molecule has 3 heterocycles. The zero-order valence-electron chi connectivity index (χ0n) is 15.2. The molecule has 1 aliphatic rings. The third-order valence-corrected chi connectivity index (χ3v) is 4.86. The lowest BCUT2D eigenvalue weighted by atomic mass is 10.2. The molecule has 0 spiro atoms. The van der Waals surface area contributed by atoms with Crippen molar-refractivity contribution in [2.75, 3.05) is 26.7 Å². The molecule has 6 nitrogen and oxygen atoms in total. The molecule has 1 aliphatic heterocycles. The number of aliphatic hydroxyl groups excluding tert-OH is 1. The summed E-state index contributed by atoms with van der Waals surface area (Å²) < 4.78 is 8.20. The second-order valence-corrected chi connectivity index (χ2v) is 7.03. The van der Waals surface area contributed by atoms with Gasteiger partial charge in [-0.2, -0.15) is 0 Å². The van der Waals surface area contributed by atoms with Gasteiger partial charge < -0.3 is 19.3 Å². The molecule has 4 rings (SSSR count). The van der Waals surface area contributed by atoms with Crippen molar-refractivity contribution in [2.24, 2.45) is 0 Å². The average Bonchev–Trinajstić information content (AvgIpc) is 2.99. The second-order valence-electron chi connectivity index (χ2n) is 7.03. The molecule has 0 radical (unpaired) electrons. The van der Waals surface area contributed by atoms with Crippen LogP contribution in [0.15, 0.2) is 36.7 Å². The monoisotopic (exact) mass is 352 g/mol. The van der Waals surface area contributed by atoms with Gasteiger partial charge in [-0.1, -0.05) is 6.07 Å². The molecule has 136 valence electrons. The van der Waals surface area contributed by atoms with Crippen LogP contribution in [0.25, 0.3) is 22.4 Å².